The van der Waals surface area contributed by atoms with Crippen molar-refractivity contribution in [1.82, 2.24) is 15.5 Å². The van der Waals surface area contributed by atoms with Gasteiger partial charge >= 0.3 is 6.03 Å². The Morgan fingerprint density at radius 3 is 2.86 bits per heavy atom. The number of carbonyl (C=O) groups excluding carboxylic acids is 2. The van der Waals surface area contributed by atoms with E-state index >= 15 is 0 Å². The van der Waals surface area contributed by atoms with Crippen molar-refractivity contribution in [2.45, 2.75) is 13.0 Å². The predicted molar refractivity (Wildman–Crippen MR) is 78.8 cm³/mol. The fraction of sp³-hybridized carbons (Fsp3) is 0.429. The van der Waals surface area contributed by atoms with Gasteiger partial charge in [0.1, 0.15) is 0 Å². The average Bonchev–Trinajstić information content (AvgIpc) is 3.01. The third-order valence-electron chi connectivity index (χ3n) is 3.63. The summed E-state index contributed by atoms with van der Waals surface area (Å²) in [5.74, 6) is -0.0401. The summed E-state index contributed by atoms with van der Waals surface area (Å²) in [7, 11) is 0. The van der Waals surface area contributed by atoms with Gasteiger partial charge in [0.25, 0.3) is 5.91 Å². The molecule has 3 heterocycles. The van der Waals surface area contributed by atoms with Crippen LogP contribution in [-0.4, -0.2) is 43.1 Å². The summed E-state index contributed by atoms with van der Waals surface area (Å²) in [6.07, 6.45) is 0. The number of hydrogen-bond donors (Lipinski definition) is 2. The first-order chi connectivity index (χ1) is 10.2. The molecule has 3 amide bonds. The van der Waals surface area contributed by atoms with E-state index in [1.807, 2.05) is 17.5 Å². The van der Waals surface area contributed by atoms with Crippen LogP contribution in [0.15, 0.2) is 28.8 Å². The Labute approximate surface area is 126 Å². The number of amides is 3. The molecular weight excluding hydrogens is 290 g/mol. The second-order valence-corrected chi connectivity index (χ2v) is 5.97. The number of carbonyl (C=O) groups is 2. The molecule has 0 aliphatic carbocycles. The third-order valence-corrected chi connectivity index (χ3v) is 4.56. The fourth-order valence-electron chi connectivity index (χ4n) is 2.58. The van der Waals surface area contributed by atoms with Gasteiger partial charge in [-0.05, 0) is 18.4 Å². The van der Waals surface area contributed by atoms with E-state index in [-0.39, 0.29) is 18.0 Å². The Morgan fingerprint density at radius 2 is 2.19 bits per heavy atom. The molecule has 2 aliphatic heterocycles. The highest BCUT2D eigenvalue weighted by atomic mass is 32.1. The molecule has 0 saturated carbocycles. The van der Waals surface area contributed by atoms with Gasteiger partial charge in [-0.3, -0.25) is 4.79 Å². The van der Waals surface area contributed by atoms with Gasteiger partial charge in [-0.1, -0.05) is 6.07 Å². The van der Waals surface area contributed by atoms with Gasteiger partial charge in [0.05, 0.1) is 24.8 Å². The molecule has 112 valence electrons. The van der Waals surface area contributed by atoms with E-state index < -0.39 is 0 Å². The fourth-order valence-corrected chi connectivity index (χ4v) is 3.37. The molecule has 6 nitrogen and oxygen atoms in total. The number of urea groups is 1. The van der Waals surface area contributed by atoms with Crippen LogP contribution < -0.4 is 10.6 Å². The molecular formula is C14H17N3O3S. The molecule has 0 spiro atoms. The number of rotatable bonds is 2. The lowest BCUT2D eigenvalue weighted by Crippen LogP contribution is -2.49. The van der Waals surface area contributed by atoms with Crippen LogP contribution in [0.1, 0.15) is 17.8 Å². The normalized spacial score (nSPS) is 22.8. The summed E-state index contributed by atoms with van der Waals surface area (Å²) >= 11 is 1.53. The SMILES string of the molecule is CC1=C(C(=O)N2CCOCC2)[C@H](c2cccs2)NC(=O)N1. The Morgan fingerprint density at radius 1 is 1.43 bits per heavy atom. The Balaban J connectivity index is 1.93. The molecule has 0 bridgehead atoms. The van der Waals surface area contributed by atoms with Crippen LogP contribution in [0.5, 0.6) is 0 Å². The lowest BCUT2D eigenvalue weighted by Gasteiger charge is -2.33. The van der Waals surface area contributed by atoms with E-state index in [9.17, 15) is 9.59 Å². The first-order valence-corrected chi connectivity index (χ1v) is 7.73. The summed E-state index contributed by atoms with van der Waals surface area (Å²) in [5, 5.41) is 7.48. The van der Waals surface area contributed by atoms with Gasteiger partial charge in [0.2, 0.25) is 0 Å². The standard InChI is InChI=1S/C14H17N3O3S/c1-9-11(13(18)17-4-6-20-7-5-17)12(16-14(19)15-9)10-3-2-8-21-10/h2-3,8,12H,4-7H2,1H3,(H2,15,16,19)/t12-/m0/s1. The van der Waals surface area contributed by atoms with Gasteiger partial charge in [-0.25, -0.2) is 4.79 Å². The molecule has 1 fully saturated rings. The number of thiophene rings is 1. The van der Waals surface area contributed by atoms with Crippen molar-refractivity contribution in [2.75, 3.05) is 26.3 Å². The molecule has 1 aromatic rings. The zero-order valence-electron chi connectivity index (χ0n) is 11.7. The van der Waals surface area contributed by atoms with E-state index in [0.29, 0.717) is 37.6 Å². The van der Waals surface area contributed by atoms with Gasteiger partial charge in [-0.15, -0.1) is 11.3 Å². The topological polar surface area (TPSA) is 70.7 Å². The van der Waals surface area contributed by atoms with E-state index in [1.54, 1.807) is 11.8 Å². The molecule has 21 heavy (non-hydrogen) atoms. The van der Waals surface area contributed by atoms with E-state index in [4.69, 9.17) is 4.74 Å². The maximum atomic E-state index is 12.8. The largest absolute Gasteiger partial charge is 0.378 e. The highest BCUT2D eigenvalue weighted by Crippen LogP contribution is 2.30. The van der Waals surface area contributed by atoms with Crippen LogP contribution in [-0.2, 0) is 9.53 Å². The minimum Gasteiger partial charge on any atom is -0.378 e. The van der Waals surface area contributed by atoms with Crippen LogP contribution in [0.4, 0.5) is 4.79 Å². The molecule has 1 atom stereocenters. The number of hydrogen-bond acceptors (Lipinski definition) is 4. The van der Waals surface area contributed by atoms with Gasteiger partial charge in [-0.2, -0.15) is 0 Å². The van der Waals surface area contributed by atoms with Crippen molar-refractivity contribution in [3.63, 3.8) is 0 Å². The maximum Gasteiger partial charge on any atom is 0.319 e. The summed E-state index contributed by atoms with van der Waals surface area (Å²) < 4.78 is 5.29. The van der Waals surface area contributed by atoms with Crippen LogP contribution in [0, 0.1) is 0 Å². The van der Waals surface area contributed by atoms with Crippen LogP contribution >= 0.6 is 11.3 Å². The first kappa shape index (κ1) is 14.1. The zero-order valence-corrected chi connectivity index (χ0v) is 12.5. The summed E-state index contributed by atoms with van der Waals surface area (Å²) in [6.45, 7) is 4.05. The highest BCUT2D eigenvalue weighted by molar-refractivity contribution is 7.10. The van der Waals surface area contributed by atoms with E-state index in [0.717, 1.165) is 4.88 Å². The minimum atomic E-state index is -0.380. The molecule has 2 N–H and O–H groups in total. The van der Waals surface area contributed by atoms with Gasteiger partial charge in [0, 0.05) is 23.7 Å². The second kappa shape index (κ2) is 5.87. The number of morpholine rings is 1. The maximum absolute atomic E-state index is 12.8. The summed E-state index contributed by atoms with van der Waals surface area (Å²) in [6, 6.07) is 3.19. The Bertz CT molecular complexity index is 576. The number of nitrogens with one attached hydrogen (secondary N) is 2. The van der Waals surface area contributed by atoms with Crippen molar-refractivity contribution < 1.29 is 14.3 Å². The van der Waals surface area contributed by atoms with Crippen LogP contribution in [0.3, 0.4) is 0 Å². The molecule has 0 radical (unpaired) electrons. The van der Waals surface area contributed by atoms with Crippen molar-refractivity contribution in [1.29, 1.82) is 0 Å². The summed E-state index contributed by atoms with van der Waals surface area (Å²) in [4.78, 5) is 27.3. The zero-order chi connectivity index (χ0) is 14.8. The molecule has 3 rings (SSSR count). The molecule has 0 aromatic carbocycles. The average molecular weight is 307 g/mol. The Hall–Kier alpha value is -1.86. The monoisotopic (exact) mass is 307 g/mol. The predicted octanol–water partition coefficient (Wildman–Crippen LogP) is 1.23. The van der Waals surface area contributed by atoms with Gasteiger partial charge < -0.3 is 20.3 Å². The van der Waals surface area contributed by atoms with Crippen molar-refractivity contribution in [3.05, 3.63) is 33.7 Å². The van der Waals surface area contributed by atoms with Crippen molar-refractivity contribution >= 4 is 23.3 Å². The number of allylic oxidation sites excluding steroid dienone is 1. The van der Waals surface area contributed by atoms with E-state index in [2.05, 4.69) is 10.6 Å². The Kier molecular flexibility index (Phi) is 3.94. The highest BCUT2D eigenvalue weighted by Gasteiger charge is 2.34. The minimum absolute atomic E-state index is 0.0401. The lowest BCUT2D eigenvalue weighted by atomic mass is 10.00. The molecule has 7 heteroatoms. The van der Waals surface area contributed by atoms with Crippen LogP contribution in [0.25, 0.3) is 0 Å². The van der Waals surface area contributed by atoms with Crippen molar-refractivity contribution in [3.8, 4) is 0 Å². The van der Waals surface area contributed by atoms with E-state index in [1.165, 1.54) is 11.3 Å². The van der Waals surface area contributed by atoms with Crippen LogP contribution in [0.2, 0.25) is 0 Å². The first-order valence-electron chi connectivity index (χ1n) is 6.85. The summed E-state index contributed by atoms with van der Waals surface area (Å²) in [5.41, 5.74) is 1.23. The number of ether oxygens (including phenoxy) is 1. The number of nitrogens with zero attached hydrogens (tertiary/aromatic N) is 1. The quantitative estimate of drug-likeness (QED) is 0.863. The lowest BCUT2D eigenvalue weighted by molar-refractivity contribution is -0.131. The second-order valence-electron chi connectivity index (χ2n) is 4.99. The van der Waals surface area contributed by atoms with Crippen molar-refractivity contribution in [2.24, 2.45) is 0 Å². The molecule has 0 unspecified atom stereocenters. The van der Waals surface area contributed by atoms with Gasteiger partial charge in [0.15, 0.2) is 0 Å². The molecule has 1 saturated heterocycles. The smallest absolute Gasteiger partial charge is 0.319 e. The molecule has 1 aromatic heterocycles. The third kappa shape index (κ3) is 2.79. The molecule has 2 aliphatic rings.